The van der Waals surface area contributed by atoms with Crippen LogP contribution in [0.25, 0.3) is 22.2 Å². The third kappa shape index (κ3) is 2.40. The number of nitrogens with two attached hydrogens (primary N) is 1. The number of phenolic OH excluding ortho intramolecular Hbond substituents is 1. The molecule has 118 valence electrons. The highest BCUT2D eigenvalue weighted by molar-refractivity contribution is 6.04. The second-order valence-corrected chi connectivity index (χ2v) is 5.44. The molecule has 0 unspecified atom stereocenters. The van der Waals surface area contributed by atoms with E-state index >= 15 is 0 Å². The molecule has 4 aromatic rings. The number of nitrogen functional groups attached to an aromatic ring is 1. The lowest BCUT2D eigenvalue weighted by atomic mass is 10.0. The number of aromatic nitrogens is 3. The van der Waals surface area contributed by atoms with E-state index in [-0.39, 0.29) is 5.75 Å². The number of fused-ring (bicyclic) bond motifs is 1. The summed E-state index contributed by atoms with van der Waals surface area (Å²) in [5.74, 6) is 0.225. The predicted molar refractivity (Wildman–Crippen MR) is 95.1 cm³/mol. The number of benzene rings is 2. The van der Waals surface area contributed by atoms with Gasteiger partial charge in [-0.15, -0.1) is 5.10 Å². The maximum Gasteiger partial charge on any atom is 0.162 e. The van der Waals surface area contributed by atoms with Gasteiger partial charge in [-0.2, -0.15) is 5.10 Å². The van der Waals surface area contributed by atoms with Crippen LogP contribution < -0.4 is 11.1 Å². The quantitative estimate of drug-likeness (QED) is 0.341. The highest BCUT2D eigenvalue weighted by atomic mass is 16.3. The third-order valence-electron chi connectivity index (χ3n) is 3.87. The van der Waals surface area contributed by atoms with E-state index in [4.69, 9.17) is 5.73 Å². The zero-order valence-corrected chi connectivity index (χ0v) is 12.7. The van der Waals surface area contributed by atoms with Gasteiger partial charge < -0.3 is 21.1 Å². The Morgan fingerprint density at radius 1 is 1.00 bits per heavy atom. The van der Waals surface area contributed by atoms with Gasteiger partial charge in [-0.25, -0.2) is 0 Å². The van der Waals surface area contributed by atoms with Crippen molar-refractivity contribution in [1.29, 1.82) is 0 Å². The summed E-state index contributed by atoms with van der Waals surface area (Å²) in [5.41, 5.74) is 11.0. The topological polar surface area (TPSA) is 99.9 Å². The summed E-state index contributed by atoms with van der Waals surface area (Å²) < 4.78 is 0. The second-order valence-electron chi connectivity index (χ2n) is 5.44. The summed E-state index contributed by atoms with van der Waals surface area (Å²) in [6, 6.07) is 14.5. The fourth-order valence-electron chi connectivity index (χ4n) is 2.72. The van der Waals surface area contributed by atoms with E-state index < -0.39 is 0 Å². The van der Waals surface area contributed by atoms with Crippen LogP contribution in [0, 0.1) is 0 Å². The monoisotopic (exact) mass is 317 g/mol. The van der Waals surface area contributed by atoms with Crippen LogP contribution in [0.5, 0.6) is 5.75 Å². The van der Waals surface area contributed by atoms with Crippen molar-refractivity contribution in [3.05, 3.63) is 60.9 Å². The largest absolute Gasteiger partial charge is 0.508 e. The number of aromatic amines is 1. The first-order chi connectivity index (χ1) is 11.7. The molecular weight excluding hydrogens is 302 g/mol. The van der Waals surface area contributed by atoms with Gasteiger partial charge >= 0.3 is 0 Å². The number of hydrogen-bond donors (Lipinski definition) is 4. The zero-order valence-electron chi connectivity index (χ0n) is 12.7. The first kappa shape index (κ1) is 14.1. The standard InChI is InChI=1S/C18H15N5O/c19-15-4-2-1-3-13(15)14-9-21-23-18-17(14)16(10-20-18)22-11-5-7-12(24)8-6-11/h1-10,22,24H,19H2,(H,20,23). The normalized spacial score (nSPS) is 10.8. The maximum absolute atomic E-state index is 9.41. The van der Waals surface area contributed by atoms with Crippen LogP contribution in [-0.4, -0.2) is 20.3 Å². The van der Waals surface area contributed by atoms with Gasteiger partial charge in [0, 0.05) is 28.7 Å². The molecular formula is C18H15N5O. The molecule has 5 N–H and O–H groups in total. The molecule has 0 aliphatic rings. The van der Waals surface area contributed by atoms with E-state index in [0.717, 1.165) is 27.9 Å². The molecule has 6 nitrogen and oxygen atoms in total. The average Bonchev–Trinajstić information content (AvgIpc) is 3.01. The Kier molecular flexibility index (Phi) is 3.28. The fourth-order valence-corrected chi connectivity index (χ4v) is 2.72. The number of aromatic hydroxyl groups is 1. The van der Waals surface area contributed by atoms with E-state index in [1.807, 2.05) is 30.5 Å². The molecule has 0 spiro atoms. The summed E-state index contributed by atoms with van der Waals surface area (Å²) in [7, 11) is 0. The number of H-pyrrole nitrogens is 1. The molecule has 6 heteroatoms. The molecule has 0 saturated heterocycles. The minimum atomic E-state index is 0.225. The molecule has 0 fully saturated rings. The Morgan fingerprint density at radius 2 is 1.79 bits per heavy atom. The molecule has 0 aliphatic carbocycles. The van der Waals surface area contributed by atoms with Gasteiger partial charge in [0.25, 0.3) is 0 Å². The highest BCUT2D eigenvalue weighted by Crippen LogP contribution is 2.36. The molecule has 0 aliphatic heterocycles. The molecule has 0 bridgehead atoms. The van der Waals surface area contributed by atoms with Crippen LogP contribution in [-0.2, 0) is 0 Å². The van der Waals surface area contributed by atoms with E-state index in [1.54, 1.807) is 30.5 Å². The van der Waals surface area contributed by atoms with Gasteiger partial charge in [0.2, 0.25) is 0 Å². The van der Waals surface area contributed by atoms with Crippen LogP contribution in [0.3, 0.4) is 0 Å². The van der Waals surface area contributed by atoms with Crippen LogP contribution >= 0.6 is 0 Å². The second kappa shape index (κ2) is 5.58. The van der Waals surface area contributed by atoms with Crippen molar-refractivity contribution in [3.8, 4) is 16.9 Å². The summed E-state index contributed by atoms with van der Waals surface area (Å²) in [6.07, 6.45) is 3.55. The van der Waals surface area contributed by atoms with Gasteiger partial charge in [-0.1, -0.05) is 18.2 Å². The molecule has 2 aromatic heterocycles. The maximum atomic E-state index is 9.41. The minimum absolute atomic E-state index is 0.225. The Labute approximate surface area is 138 Å². The third-order valence-corrected chi connectivity index (χ3v) is 3.87. The van der Waals surface area contributed by atoms with Gasteiger partial charge in [0.15, 0.2) is 5.65 Å². The van der Waals surface area contributed by atoms with Crippen molar-refractivity contribution in [2.75, 3.05) is 11.1 Å². The predicted octanol–water partition coefficient (Wildman–Crippen LogP) is 3.66. The summed E-state index contributed by atoms with van der Waals surface area (Å²) in [6.45, 7) is 0. The Balaban J connectivity index is 1.86. The van der Waals surface area contributed by atoms with Crippen molar-refractivity contribution in [1.82, 2.24) is 15.2 Å². The number of phenols is 1. The smallest absolute Gasteiger partial charge is 0.162 e. The molecule has 0 amide bonds. The average molecular weight is 317 g/mol. The number of nitrogens with one attached hydrogen (secondary N) is 2. The van der Waals surface area contributed by atoms with Crippen LogP contribution in [0.15, 0.2) is 60.9 Å². The lowest BCUT2D eigenvalue weighted by molar-refractivity contribution is 0.475. The first-order valence-electron chi connectivity index (χ1n) is 7.46. The Hall–Kier alpha value is -3.54. The van der Waals surface area contributed by atoms with Gasteiger partial charge in [-0.05, 0) is 30.3 Å². The van der Waals surface area contributed by atoms with Crippen molar-refractivity contribution in [2.24, 2.45) is 0 Å². The first-order valence-corrected chi connectivity index (χ1v) is 7.46. The molecule has 0 saturated carbocycles. The van der Waals surface area contributed by atoms with E-state index in [9.17, 15) is 5.11 Å². The highest BCUT2D eigenvalue weighted by Gasteiger charge is 2.14. The van der Waals surface area contributed by atoms with Crippen molar-refractivity contribution >= 4 is 28.1 Å². The molecule has 0 radical (unpaired) electrons. The van der Waals surface area contributed by atoms with Crippen molar-refractivity contribution < 1.29 is 5.11 Å². The number of nitrogens with zero attached hydrogens (tertiary/aromatic N) is 2. The van der Waals surface area contributed by atoms with E-state index in [2.05, 4.69) is 20.5 Å². The molecule has 4 rings (SSSR count). The van der Waals surface area contributed by atoms with Gasteiger partial charge in [0.05, 0.1) is 17.3 Å². The molecule has 24 heavy (non-hydrogen) atoms. The minimum Gasteiger partial charge on any atom is -0.508 e. The molecule has 2 aromatic carbocycles. The number of rotatable bonds is 3. The number of anilines is 3. The number of hydrogen-bond acceptors (Lipinski definition) is 5. The van der Waals surface area contributed by atoms with E-state index in [0.29, 0.717) is 11.3 Å². The summed E-state index contributed by atoms with van der Waals surface area (Å²) in [5, 5.41) is 21.9. The lowest BCUT2D eigenvalue weighted by Crippen LogP contribution is -1.94. The molecule has 0 atom stereocenters. The van der Waals surface area contributed by atoms with Crippen LogP contribution in [0.1, 0.15) is 0 Å². The summed E-state index contributed by atoms with van der Waals surface area (Å²) >= 11 is 0. The van der Waals surface area contributed by atoms with E-state index in [1.165, 1.54) is 0 Å². The SMILES string of the molecule is Nc1ccccc1-c1cnnc2[nH]cc(Nc3ccc(O)cc3)c12. The number of para-hydroxylation sites is 1. The Bertz CT molecular complexity index is 1010. The van der Waals surface area contributed by atoms with Crippen molar-refractivity contribution in [3.63, 3.8) is 0 Å². The van der Waals surface area contributed by atoms with Crippen LogP contribution in [0.4, 0.5) is 17.1 Å². The van der Waals surface area contributed by atoms with Crippen molar-refractivity contribution in [2.45, 2.75) is 0 Å². The van der Waals surface area contributed by atoms with Gasteiger partial charge in [-0.3, -0.25) is 0 Å². The zero-order chi connectivity index (χ0) is 16.5. The summed E-state index contributed by atoms with van der Waals surface area (Å²) in [4.78, 5) is 3.12. The molecule has 2 heterocycles. The Morgan fingerprint density at radius 3 is 2.58 bits per heavy atom. The van der Waals surface area contributed by atoms with Gasteiger partial charge in [0.1, 0.15) is 5.75 Å². The van der Waals surface area contributed by atoms with Crippen LogP contribution in [0.2, 0.25) is 0 Å². The lowest BCUT2D eigenvalue weighted by Gasteiger charge is -2.09. The fraction of sp³-hybridized carbons (Fsp3) is 0.